The molecule has 0 aliphatic carbocycles. The second kappa shape index (κ2) is 31.0. The van der Waals surface area contributed by atoms with Gasteiger partial charge in [0.15, 0.2) is 0 Å². The number of phosphoric ester groups is 1. The van der Waals surface area contributed by atoms with E-state index < -0.39 is 20.0 Å². The summed E-state index contributed by atoms with van der Waals surface area (Å²) in [5.41, 5.74) is 0. The lowest BCUT2D eigenvalue weighted by Crippen LogP contribution is -2.45. The Hall–Kier alpha value is -1.02. The summed E-state index contributed by atoms with van der Waals surface area (Å²) in [6.07, 6.45) is 33.9. The van der Waals surface area contributed by atoms with Crippen molar-refractivity contribution in [2.24, 2.45) is 0 Å². The van der Waals surface area contributed by atoms with Crippen LogP contribution in [0.1, 0.15) is 162 Å². The lowest BCUT2D eigenvalue weighted by Gasteiger charge is -2.29. The third-order valence-corrected chi connectivity index (χ3v) is 9.37. The number of nitrogens with one attached hydrogen (secondary N) is 1. The second-order valence-corrected chi connectivity index (χ2v) is 15.7. The van der Waals surface area contributed by atoms with Crippen molar-refractivity contribution in [3.8, 4) is 0 Å². The van der Waals surface area contributed by atoms with Crippen LogP contribution in [0.25, 0.3) is 0 Å². The van der Waals surface area contributed by atoms with Crippen LogP contribution >= 0.6 is 7.82 Å². The van der Waals surface area contributed by atoms with Gasteiger partial charge in [0.25, 0.3) is 7.82 Å². The van der Waals surface area contributed by atoms with Crippen LogP contribution in [0.15, 0.2) is 24.3 Å². The number of unbranched alkanes of at least 4 members (excludes halogenated alkanes) is 19. The average molecular weight is 687 g/mol. The number of allylic oxidation sites excluding steroid dienone is 3. The molecule has 0 saturated heterocycles. The van der Waals surface area contributed by atoms with Crippen LogP contribution in [-0.4, -0.2) is 68.5 Å². The van der Waals surface area contributed by atoms with Gasteiger partial charge in [0, 0.05) is 6.42 Å². The van der Waals surface area contributed by atoms with Crippen LogP contribution in [-0.2, 0) is 18.4 Å². The van der Waals surface area contributed by atoms with Gasteiger partial charge in [-0.25, -0.2) is 0 Å². The van der Waals surface area contributed by atoms with Crippen molar-refractivity contribution in [1.29, 1.82) is 0 Å². The first kappa shape index (κ1) is 46.0. The van der Waals surface area contributed by atoms with Crippen molar-refractivity contribution >= 4 is 13.7 Å². The van der Waals surface area contributed by atoms with Crippen molar-refractivity contribution < 1.29 is 32.9 Å². The number of hydrogen-bond donors (Lipinski definition) is 2. The predicted molar refractivity (Wildman–Crippen MR) is 196 cm³/mol. The highest BCUT2D eigenvalue weighted by Gasteiger charge is 2.23. The van der Waals surface area contributed by atoms with E-state index in [9.17, 15) is 19.4 Å². The first-order valence-electron chi connectivity index (χ1n) is 19.2. The largest absolute Gasteiger partial charge is 0.756 e. The molecule has 0 aliphatic heterocycles. The molecule has 278 valence electrons. The van der Waals surface area contributed by atoms with Crippen molar-refractivity contribution in [1.82, 2.24) is 5.32 Å². The molecule has 47 heavy (non-hydrogen) atoms. The van der Waals surface area contributed by atoms with Gasteiger partial charge < -0.3 is 28.8 Å². The lowest BCUT2D eigenvalue weighted by atomic mass is 10.0. The normalized spacial score (nSPS) is 15.0. The molecule has 0 saturated carbocycles. The van der Waals surface area contributed by atoms with Gasteiger partial charge in [-0.15, -0.1) is 0 Å². The summed E-state index contributed by atoms with van der Waals surface area (Å²) in [5.74, 6) is -0.207. The minimum atomic E-state index is -4.57. The van der Waals surface area contributed by atoms with Crippen LogP contribution in [0.3, 0.4) is 0 Å². The summed E-state index contributed by atoms with van der Waals surface area (Å²) in [5, 5.41) is 13.6. The molecule has 0 bridgehead atoms. The fraction of sp³-hybridized carbons (Fsp3) is 0.868. The Morgan fingerprint density at radius 3 is 1.68 bits per heavy atom. The van der Waals surface area contributed by atoms with Crippen molar-refractivity contribution in [2.45, 2.75) is 174 Å². The molecule has 0 aromatic heterocycles. The summed E-state index contributed by atoms with van der Waals surface area (Å²) in [7, 11) is 1.25. The number of rotatable bonds is 34. The first-order valence-corrected chi connectivity index (χ1v) is 20.7. The smallest absolute Gasteiger partial charge is 0.268 e. The highest BCUT2D eigenvalue weighted by Crippen LogP contribution is 2.38. The topological polar surface area (TPSA) is 108 Å². The number of hydrogen-bond acceptors (Lipinski definition) is 6. The molecule has 1 amide bonds. The molecule has 0 spiro atoms. The third kappa shape index (κ3) is 33.3. The van der Waals surface area contributed by atoms with E-state index in [1.807, 2.05) is 27.2 Å². The molecule has 0 aromatic rings. The molecule has 3 unspecified atom stereocenters. The van der Waals surface area contributed by atoms with Crippen molar-refractivity contribution in [3.05, 3.63) is 24.3 Å². The zero-order valence-electron chi connectivity index (χ0n) is 31.2. The number of likely N-dealkylation sites (N-methyl/N-ethyl adjacent to an activating group) is 1. The third-order valence-electron chi connectivity index (χ3n) is 8.41. The summed E-state index contributed by atoms with van der Waals surface area (Å²) < 4.78 is 23.0. The molecule has 0 heterocycles. The molecule has 0 fully saturated rings. The van der Waals surface area contributed by atoms with Crippen LogP contribution in [0.4, 0.5) is 0 Å². The first-order chi connectivity index (χ1) is 22.5. The molecule has 8 nitrogen and oxygen atoms in total. The van der Waals surface area contributed by atoms with Gasteiger partial charge in [-0.05, 0) is 44.9 Å². The predicted octanol–water partition coefficient (Wildman–Crippen LogP) is 9.16. The van der Waals surface area contributed by atoms with Crippen molar-refractivity contribution in [3.63, 3.8) is 0 Å². The highest BCUT2D eigenvalue weighted by atomic mass is 31.2. The maximum atomic E-state index is 12.7. The van der Waals surface area contributed by atoms with Gasteiger partial charge in [0.2, 0.25) is 5.91 Å². The highest BCUT2D eigenvalue weighted by molar-refractivity contribution is 7.45. The van der Waals surface area contributed by atoms with Gasteiger partial charge in [-0.2, -0.15) is 0 Å². The van der Waals surface area contributed by atoms with Gasteiger partial charge in [0.05, 0.1) is 39.9 Å². The van der Waals surface area contributed by atoms with Crippen LogP contribution in [0.5, 0.6) is 0 Å². The Morgan fingerprint density at radius 1 is 0.723 bits per heavy atom. The lowest BCUT2D eigenvalue weighted by molar-refractivity contribution is -0.870. The van der Waals surface area contributed by atoms with Crippen LogP contribution in [0.2, 0.25) is 0 Å². The molecular weight excluding hydrogens is 611 g/mol. The van der Waals surface area contributed by atoms with E-state index in [1.54, 1.807) is 6.08 Å². The summed E-state index contributed by atoms with van der Waals surface area (Å²) in [6.45, 7) is 4.54. The SMILES string of the molecule is CCCCCC/C=C/C(O)C(COP(=O)([O-])OCC[N+](C)(C)C)NC(=O)CCCCCCCCCCC/C=C\CCCCCCCC. The molecule has 3 atom stereocenters. The fourth-order valence-electron chi connectivity index (χ4n) is 5.26. The van der Waals surface area contributed by atoms with E-state index in [1.165, 1.54) is 96.3 Å². The zero-order chi connectivity index (χ0) is 35.1. The van der Waals surface area contributed by atoms with Crippen molar-refractivity contribution in [2.75, 3.05) is 40.9 Å². The standard InChI is InChI=1S/C38H75N2O6P/c1-6-8-10-12-14-15-16-17-18-19-20-21-22-23-24-25-26-28-30-32-38(42)39-36(37(41)31-29-27-13-11-9-7-2)35-46-47(43,44)45-34-33-40(3,4)5/h17-18,29,31,36-37,41H,6-16,19-28,30,32-35H2,1-5H3,(H-,39,42,43,44)/b18-17-,31-29+. The quantitative estimate of drug-likeness (QED) is 0.0303. The van der Waals surface area contributed by atoms with E-state index in [4.69, 9.17) is 9.05 Å². The number of aliphatic hydroxyl groups excluding tert-OH is 1. The van der Waals surface area contributed by atoms with Gasteiger partial charge >= 0.3 is 0 Å². The number of carbonyl (C=O) groups excluding carboxylic acids is 1. The molecule has 9 heteroatoms. The Balaban J connectivity index is 4.25. The Bertz CT molecular complexity index is 829. The number of aliphatic hydroxyl groups is 1. The average Bonchev–Trinajstić information content (AvgIpc) is 3.01. The Kier molecular flexibility index (Phi) is 30.3. The van der Waals surface area contributed by atoms with E-state index in [-0.39, 0.29) is 19.1 Å². The minimum Gasteiger partial charge on any atom is -0.756 e. The molecule has 0 aromatic carbocycles. The Labute approximate surface area is 290 Å². The molecule has 0 radical (unpaired) electrons. The summed E-state index contributed by atoms with van der Waals surface area (Å²) in [4.78, 5) is 25.0. The van der Waals surface area contributed by atoms with E-state index in [0.717, 1.165) is 44.9 Å². The maximum Gasteiger partial charge on any atom is 0.268 e. The van der Waals surface area contributed by atoms with E-state index >= 15 is 0 Å². The number of amides is 1. The summed E-state index contributed by atoms with van der Waals surface area (Å²) >= 11 is 0. The van der Waals surface area contributed by atoms with Crippen LogP contribution < -0.4 is 10.2 Å². The Morgan fingerprint density at radius 2 is 1.17 bits per heavy atom. The monoisotopic (exact) mass is 687 g/mol. The minimum absolute atomic E-state index is 0.00147. The molecular formula is C38H75N2O6P. The number of carbonyl (C=O) groups is 1. The molecule has 0 aliphatic rings. The number of quaternary nitrogens is 1. The van der Waals surface area contributed by atoms with Gasteiger partial charge in [-0.3, -0.25) is 9.36 Å². The summed E-state index contributed by atoms with van der Waals surface area (Å²) in [6, 6.07) is -0.880. The molecule has 2 N–H and O–H groups in total. The molecule has 0 rings (SSSR count). The second-order valence-electron chi connectivity index (χ2n) is 14.3. The van der Waals surface area contributed by atoms with E-state index in [0.29, 0.717) is 17.4 Å². The zero-order valence-corrected chi connectivity index (χ0v) is 32.1. The number of phosphoric acid groups is 1. The fourth-order valence-corrected chi connectivity index (χ4v) is 5.99. The van der Waals surface area contributed by atoms with Gasteiger partial charge in [-0.1, -0.05) is 134 Å². The van der Waals surface area contributed by atoms with Gasteiger partial charge in [0.1, 0.15) is 13.2 Å². The number of nitrogens with zero attached hydrogens (tertiary/aromatic N) is 1. The van der Waals surface area contributed by atoms with E-state index in [2.05, 4.69) is 31.3 Å². The van der Waals surface area contributed by atoms with Crippen LogP contribution in [0, 0.1) is 0 Å². The maximum absolute atomic E-state index is 12.7.